The molecule has 1 aromatic carbocycles. The van der Waals surface area contributed by atoms with E-state index >= 15 is 0 Å². The maximum atomic E-state index is 13.9. The van der Waals surface area contributed by atoms with Crippen molar-refractivity contribution in [1.29, 1.82) is 5.26 Å². The van der Waals surface area contributed by atoms with E-state index in [1.165, 1.54) is 40.8 Å². The van der Waals surface area contributed by atoms with Gasteiger partial charge in [0, 0.05) is 22.6 Å². The number of Topliss-reactive ketones (excluding diaryl/α,β-unsaturated/α-hetero) is 1. The first kappa shape index (κ1) is 22.9. The number of carbonyl (C=O) groups is 1. The van der Waals surface area contributed by atoms with Gasteiger partial charge >= 0.3 is 6.18 Å². The number of nitriles is 1. The maximum absolute atomic E-state index is 13.9. The predicted octanol–water partition coefficient (Wildman–Crippen LogP) is 4.71. The molecule has 35 heavy (non-hydrogen) atoms. The zero-order chi connectivity index (χ0) is 24.7. The van der Waals surface area contributed by atoms with Gasteiger partial charge in [0.2, 0.25) is 0 Å². The number of benzene rings is 1. The molecule has 1 aliphatic carbocycles. The van der Waals surface area contributed by atoms with Crippen LogP contribution in [0.2, 0.25) is 0 Å². The molecule has 1 aliphatic heterocycles. The second-order valence-electron chi connectivity index (χ2n) is 8.28. The molecule has 11 heteroatoms. The molecule has 2 aromatic heterocycles. The third-order valence-electron chi connectivity index (χ3n) is 6.13. The number of hydrogen-bond acceptors (Lipinski definition) is 7. The number of nitrogens with zero attached hydrogens (tertiary/aromatic N) is 5. The van der Waals surface area contributed by atoms with Gasteiger partial charge in [0.15, 0.2) is 5.78 Å². The number of rotatable bonds is 4. The largest absolute Gasteiger partial charge is 0.418 e. The third-order valence-corrected chi connectivity index (χ3v) is 7.18. The van der Waals surface area contributed by atoms with E-state index in [4.69, 9.17) is 5.73 Å². The van der Waals surface area contributed by atoms with E-state index < -0.39 is 17.7 Å². The lowest BCUT2D eigenvalue weighted by atomic mass is 9.78. The van der Waals surface area contributed by atoms with Crippen molar-refractivity contribution in [2.75, 3.05) is 4.90 Å². The lowest BCUT2D eigenvalue weighted by molar-refractivity contribution is -0.137. The topological polar surface area (TPSA) is 101 Å². The minimum Gasteiger partial charge on any atom is -0.384 e. The Bertz CT molecular complexity index is 1400. The van der Waals surface area contributed by atoms with Crippen molar-refractivity contribution in [3.63, 3.8) is 0 Å². The van der Waals surface area contributed by atoms with Crippen LogP contribution in [0, 0.1) is 11.3 Å². The Hall–Kier alpha value is -3.91. The summed E-state index contributed by atoms with van der Waals surface area (Å²) < 4.78 is 43.3. The van der Waals surface area contributed by atoms with Gasteiger partial charge in [-0.3, -0.25) is 9.69 Å². The first-order chi connectivity index (χ1) is 16.8. The minimum atomic E-state index is -4.63. The molecule has 2 aliphatic rings. The van der Waals surface area contributed by atoms with Crippen LogP contribution < -0.4 is 10.6 Å². The van der Waals surface area contributed by atoms with Crippen LogP contribution >= 0.6 is 11.3 Å². The summed E-state index contributed by atoms with van der Waals surface area (Å²) in [4.78, 5) is 19.1. The summed E-state index contributed by atoms with van der Waals surface area (Å²) >= 11 is 1.37. The summed E-state index contributed by atoms with van der Waals surface area (Å²) in [7, 11) is 0. The monoisotopic (exact) mass is 496 g/mol. The van der Waals surface area contributed by atoms with Crippen LogP contribution in [0.15, 0.2) is 71.0 Å². The first-order valence-corrected chi connectivity index (χ1v) is 11.7. The SMILES string of the molecule is N#CC1=C(N)N(c2ccccc2C(F)(F)F)C2=C(C(=O)CCC2)[C@H]1c1cc(Cn2cncn2)cs1. The number of alkyl halides is 3. The number of thiophene rings is 1. The zero-order valence-electron chi connectivity index (χ0n) is 18.3. The van der Waals surface area contributed by atoms with Crippen molar-refractivity contribution in [3.05, 3.63) is 87.0 Å². The molecule has 0 amide bonds. The molecule has 7 nitrogen and oxygen atoms in total. The highest BCUT2D eigenvalue weighted by Gasteiger charge is 2.43. The molecule has 5 rings (SSSR count). The molecule has 0 unspecified atom stereocenters. The van der Waals surface area contributed by atoms with Crippen LogP contribution in [0.4, 0.5) is 18.9 Å². The molecule has 2 N–H and O–H groups in total. The minimum absolute atomic E-state index is 0.0603. The van der Waals surface area contributed by atoms with Crippen LogP contribution in [-0.2, 0) is 17.5 Å². The standard InChI is InChI=1S/C24H19F3N6OS/c25-24(26,27)16-4-1-2-5-17(16)33-18-6-3-7-19(34)22(18)21(15(9-28)23(33)29)20-8-14(11-35-20)10-32-13-30-12-31-32/h1-2,4-5,8,11-13,21H,3,6-7,10,29H2/t21-/m1/s1. The number of hydrogen-bond donors (Lipinski definition) is 1. The third kappa shape index (κ3) is 4.00. The fourth-order valence-electron chi connectivity index (χ4n) is 4.68. The van der Waals surface area contributed by atoms with Gasteiger partial charge in [0.05, 0.1) is 35.4 Å². The molecule has 3 aromatic rings. The van der Waals surface area contributed by atoms with Crippen molar-refractivity contribution in [1.82, 2.24) is 14.8 Å². The lowest BCUT2D eigenvalue weighted by Gasteiger charge is -2.40. The lowest BCUT2D eigenvalue weighted by Crippen LogP contribution is -2.39. The Morgan fingerprint density at radius 1 is 1.26 bits per heavy atom. The van der Waals surface area contributed by atoms with Crippen molar-refractivity contribution in [3.8, 4) is 6.07 Å². The van der Waals surface area contributed by atoms with E-state index in [0.717, 1.165) is 16.5 Å². The smallest absolute Gasteiger partial charge is 0.384 e. The average Bonchev–Trinajstić information content (AvgIpc) is 3.50. The number of aromatic nitrogens is 3. The molecule has 3 heterocycles. The van der Waals surface area contributed by atoms with Crippen molar-refractivity contribution in [2.24, 2.45) is 5.73 Å². The van der Waals surface area contributed by atoms with Gasteiger partial charge in [-0.25, -0.2) is 9.67 Å². The van der Waals surface area contributed by atoms with Crippen LogP contribution in [0.5, 0.6) is 0 Å². The van der Waals surface area contributed by atoms with Crippen LogP contribution in [0.25, 0.3) is 0 Å². The fraction of sp³-hybridized carbons (Fsp3) is 0.250. The Labute approximate surface area is 202 Å². The van der Waals surface area contributed by atoms with Crippen LogP contribution in [0.3, 0.4) is 0 Å². The molecular formula is C24H19F3N6OS. The number of ketones is 1. The molecular weight excluding hydrogens is 477 g/mol. The van der Waals surface area contributed by atoms with Crippen molar-refractivity contribution in [2.45, 2.75) is 37.9 Å². The average molecular weight is 497 g/mol. The normalized spacial score (nSPS) is 18.6. The Kier molecular flexibility index (Phi) is 5.68. The van der Waals surface area contributed by atoms with Gasteiger partial charge in [-0.05, 0) is 42.0 Å². The number of carbonyl (C=O) groups excluding carboxylic acids is 1. The van der Waals surface area contributed by atoms with E-state index in [-0.39, 0.29) is 29.3 Å². The van der Waals surface area contributed by atoms with Gasteiger partial charge in [-0.1, -0.05) is 12.1 Å². The Morgan fingerprint density at radius 2 is 2.06 bits per heavy atom. The number of para-hydroxylation sites is 1. The number of allylic oxidation sites excluding steroid dienone is 3. The van der Waals surface area contributed by atoms with Gasteiger partial charge in [0.1, 0.15) is 18.5 Å². The molecule has 0 bridgehead atoms. The number of anilines is 1. The molecule has 0 radical (unpaired) electrons. The quantitative estimate of drug-likeness (QED) is 0.561. The molecule has 1 atom stereocenters. The number of nitrogens with two attached hydrogens (primary N) is 1. The maximum Gasteiger partial charge on any atom is 0.418 e. The summed E-state index contributed by atoms with van der Waals surface area (Å²) in [6, 6.07) is 9.05. The summed E-state index contributed by atoms with van der Waals surface area (Å²) in [6.07, 6.45) is -0.495. The van der Waals surface area contributed by atoms with Gasteiger partial charge in [-0.15, -0.1) is 11.3 Å². The van der Waals surface area contributed by atoms with Crippen molar-refractivity contribution >= 4 is 22.8 Å². The summed E-state index contributed by atoms with van der Waals surface area (Å²) in [5, 5.41) is 16.1. The van der Waals surface area contributed by atoms with Gasteiger partial charge in [0.25, 0.3) is 0 Å². The van der Waals surface area contributed by atoms with Gasteiger partial charge in [-0.2, -0.15) is 23.5 Å². The molecule has 178 valence electrons. The predicted molar refractivity (Wildman–Crippen MR) is 123 cm³/mol. The first-order valence-electron chi connectivity index (χ1n) is 10.8. The van der Waals surface area contributed by atoms with Crippen molar-refractivity contribution < 1.29 is 18.0 Å². The van der Waals surface area contributed by atoms with E-state index in [1.54, 1.807) is 11.0 Å². The highest BCUT2D eigenvalue weighted by molar-refractivity contribution is 7.10. The van der Waals surface area contributed by atoms with Crippen LogP contribution in [-0.4, -0.2) is 20.5 Å². The summed E-state index contributed by atoms with van der Waals surface area (Å²) in [5.41, 5.74) is 7.08. The van der Waals surface area contributed by atoms with Gasteiger partial charge < -0.3 is 5.73 Å². The van der Waals surface area contributed by atoms with E-state index in [2.05, 4.69) is 16.2 Å². The fourth-order valence-corrected chi connectivity index (χ4v) is 5.71. The Morgan fingerprint density at radius 3 is 2.77 bits per heavy atom. The Balaban J connectivity index is 1.66. The highest BCUT2D eigenvalue weighted by Crippen LogP contribution is 2.49. The summed E-state index contributed by atoms with van der Waals surface area (Å²) in [5.74, 6) is -1.00. The molecule has 0 spiro atoms. The van der Waals surface area contributed by atoms with E-state index in [0.29, 0.717) is 30.7 Å². The number of halogens is 3. The molecule has 0 fully saturated rings. The van der Waals surface area contributed by atoms with E-state index in [9.17, 15) is 23.2 Å². The summed E-state index contributed by atoms with van der Waals surface area (Å²) in [6.45, 7) is 0.454. The highest BCUT2D eigenvalue weighted by atomic mass is 32.1. The van der Waals surface area contributed by atoms with Crippen LogP contribution in [0.1, 0.15) is 41.2 Å². The van der Waals surface area contributed by atoms with E-state index in [1.807, 2.05) is 11.4 Å². The zero-order valence-corrected chi connectivity index (χ0v) is 19.1. The second-order valence-corrected chi connectivity index (χ2v) is 9.22. The molecule has 0 saturated heterocycles. The second kappa shape index (κ2) is 8.70. The molecule has 0 saturated carbocycles.